The number of aliphatic imine (C=N–C) groups is 1. The highest BCUT2D eigenvalue weighted by molar-refractivity contribution is 5.83. The van der Waals surface area contributed by atoms with Gasteiger partial charge in [0.25, 0.3) is 0 Å². The van der Waals surface area contributed by atoms with Gasteiger partial charge in [-0.25, -0.2) is 0 Å². The summed E-state index contributed by atoms with van der Waals surface area (Å²) in [6.07, 6.45) is -0.0607. The van der Waals surface area contributed by atoms with Crippen molar-refractivity contribution in [2.45, 2.75) is 37.8 Å². The lowest BCUT2D eigenvalue weighted by Crippen LogP contribution is -2.46. The molecule has 98 valence electrons. The molecule has 8 N–H and O–H groups in total. The number of aliphatic hydroxyl groups is 2. The van der Waals surface area contributed by atoms with Crippen LogP contribution in [0.15, 0.2) is 4.99 Å². The van der Waals surface area contributed by atoms with Crippen molar-refractivity contribution in [1.82, 2.24) is 10.6 Å². The van der Waals surface area contributed by atoms with Gasteiger partial charge >= 0.3 is 0 Å². The van der Waals surface area contributed by atoms with Crippen molar-refractivity contribution in [2.24, 2.45) is 16.5 Å². The number of carbonyl (C=O) groups excluding carboxylic acids is 1. The van der Waals surface area contributed by atoms with Gasteiger partial charge in [0, 0.05) is 6.54 Å². The van der Waals surface area contributed by atoms with E-state index in [2.05, 4.69) is 15.6 Å². The molecule has 8 nitrogen and oxygen atoms in total. The summed E-state index contributed by atoms with van der Waals surface area (Å²) in [5.74, 6) is -0.219. The van der Waals surface area contributed by atoms with Crippen LogP contribution in [0, 0.1) is 0 Å². The Kier molecular flexibility index (Phi) is 4.27. The van der Waals surface area contributed by atoms with Gasteiger partial charge in [0.05, 0.1) is 6.04 Å². The van der Waals surface area contributed by atoms with Crippen molar-refractivity contribution in [3.63, 3.8) is 0 Å². The van der Waals surface area contributed by atoms with Crippen molar-refractivity contribution in [2.75, 3.05) is 6.54 Å². The van der Waals surface area contributed by atoms with Crippen molar-refractivity contribution < 1.29 is 15.0 Å². The number of guanidine groups is 1. The van der Waals surface area contributed by atoms with E-state index in [1.165, 1.54) is 6.92 Å². The summed E-state index contributed by atoms with van der Waals surface area (Å²) in [5.41, 5.74) is 9.02. The first-order chi connectivity index (χ1) is 7.83. The largest absolute Gasteiger partial charge is 0.369 e. The van der Waals surface area contributed by atoms with Crippen LogP contribution in [0.2, 0.25) is 0 Å². The first-order valence-electron chi connectivity index (χ1n) is 5.37. The number of primary amides is 1. The van der Waals surface area contributed by atoms with E-state index in [0.29, 0.717) is 25.3 Å². The summed E-state index contributed by atoms with van der Waals surface area (Å²) in [6.45, 7) is 1.84. The van der Waals surface area contributed by atoms with E-state index in [4.69, 9.17) is 11.5 Å². The van der Waals surface area contributed by atoms with E-state index in [1.807, 2.05) is 0 Å². The highest BCUT2D eigenvalue weighted by Gasteiger charge is 2.38. The molecule has 1 heterocycles. The average molecular weight is 245 g/mol. The number of amides is 1. The van der Waals surface area contributed by atoms with Crippen LogP contribution in [0.1, 0.15) is 19.8 Å². The number of nitrogens with one attached hydrogen (secondary N) is 2. The third-order valence-electron chi connectivity index (χ3n) is 2.49. The molecule has 3 unspecified atom stereocenters. The molecule has 0 aromatic carbocycles. The molecule has 1 saturated heterocycles. The second kappa shape index (κ2) is 5.30. The summed E-state index contributed by atoms with van der Waals surface area (Å²) in [5, 5.41) is 24.1. The fourth-order valence-electron chi connectivity index (χ4n) is 1.34. The molecule has 17 heavy (non-hydrogen) atoms. The molecule has 0 radical (unpaired) electrons. The van der Waals surface area contributed by atoms with Crippen LogP contribution >= 0.6 is 0 Å². The number of nitrogens with two attached hydrogens (primary N) is 2. The van der Waals surface area contributed by atoms with Crippen LogP contribution in [0.3, 0.4) is 0 Å². The zero-order chi connectivity index (χ0) is 13.1. The third-order valence-corrected chi connectivity index (χ3v) is 2.49. The molecule has 0 bridgehead atoms. The molecule has 0 aromatic rings. The molecular formula is C9H19N5O3. The number of hydrogen-bond donors (Lipinski definition) is 6. The monoisotopic (exact) mass is 245 g/mol. The Bertz CT molecular complexity index is 318. The molecule has 1 aliphatic rings. The van der Waals surface area contributed by atoms with Gasteiger partial charge < -0.3 is 32.3 Å². The summed E-state index contributed by atoms with van der Waals surface area (Å²) < 4.78 is 0. The molecule has 1 amide bonds. The van der Waals surface area contributed by atoms with E-state index in [-0.39, 0.29) is 0 Å². The van der Waals surface area contributed by atoms with Gasteiger partial charge in [-0.1, -0.05) is 0 Å². The van der Waals surface area contributed by atoms with Crippen LogP contribution in [0.25, 0.3) is 0 Å². The summed E-state index contributed by atoms with van der Waals surface area (Å²) in [6, 6.07) is -0.659. The van der Waals surface area contributed by atoms with Gasteiger partial charge in [-0.05, 0) is 19.8 Å². The van der Waals surface area contributed by atoms with Gasteiger partial charge in [-0.2, -0.15) is 0 Å². The lowest BCUT2D eigenvalue weighted by atomic mass is 10.1. The van der Waals surface area contributed by atoms with Crippen LogP contribution in [-0.4, -0.2) is 46.6 Å². The van der Waals surface area contributed by atoms with Gasteiger partial charge in [-0.15, -0.1) is 0 Å². The first kappa shape index (κ1) is 13.7. The molecule has 3 atom stereocenters. The molecule has 0 saturated carbocycles. The minimum absolute atomic E-state index is 0.315. The Morgan fingerprint density at radius 2 is 2.35 bits per heavy atom. The van der Waals surface area contributed by atoms with Crippen molar-refractivity contribution >= 4 is 11.9 Å². The molecule has 1 rings (SSSR count). The highest BCUT2D eigenvalue weighted by Crippen LogP contribution is 2.08. The molecular weight excluding hydrogens is 226 g/mol. The second-order valence-corrected chi connectivity index (χ2v) is 4.20. The number of aliphatic hydroxyl groups excluding tert-OH is 1. The second-order valence-electron chi connectivity index (χ2n) is 4.20. The van der Waals surface area contributed by atoms with Crippen molar-refractivity contribution in [1.29, 1.82) is 0 Å². The fourth-order valence-corrected chi connectivity index (χ4v) is 1.34. The lowest BCUT2D eigenvalue weighted by molar-refractivity contribution is -0.119. The average Bonchev–Trinajstić information content (AvgIpc) is 2.47. The SMILES string of the molecule is CC1(O)NC(=NCCCC(N)C(N)=O)NC1O. The summed E-state index contributed by atoms with van der Waals surface area (Å²) in [4.78, 5) is 14.7. The summed E-state index contributed by atoms with van der Waals surface area (Å²) in [7, 11) is 0. The summed E-state index contributed by atoms with van der Waals surface area (Å²) >= 11 is 0. The highest BCUT2D eigenvalue weighted by atomic mass is 16.4. The minimum atomic E-state index is -1.43. The van der Waals surface area contributed by atoms with E-state index in [0.717, 1.165) is 0 Å². The van der Waals surface area contributed by atoms with Crippen LogP contribution < -0.4 is 22.1 Å². The van der Waals surface area contributed by atoms with Crippen LogP contribution in [0.4, 0.5) is 0 Å². The first-order valence-corrected chi connectivity index (χ1v) is 5.37. The Morgan fingerprint density at radius 3 is 2.82 bits per heavy atom. The predicted molar refractivity (Wildman–Crippen MR) is 61.6 cm³/mol. The maximum atomic E-state index is 10.6. The molecule has 0 aromatic heterocycles. The Morgan fingerprint density at radius 1 is 1.71 bits per heavy atom. The smallest absolute Gasteiger partial charge is 0.234 e. The topological polar surface area (TPSA) is 146 Å². The lowest BCUT2D eigenvalue weighted by Gasteiger charge is -2.18. The minimum Gasteiger partial charge on any atom is -0.369 e. The molecule has 1 aliphatic heterocycles. The molecule has 0 aliphatic carbocycles. The zero-order valence-corrected chi connectivity index (χ0v) is 9.68. The molecule has 0 spiro atoms. The third kappa shape index (κ3) is 3.84. The number of carbonyl (C=O) groups is 1. The quantitative estimate of drug-likeness (QED) is 0.287. The van der Waals surface area contributed by atoms with Crippen molar-refractivity contribution in [3.8, 4) is 0 Å². The fraction of sp³-hybridized carbons (Fsp3) is 0.778. The van der Waals surface area contributed by atoms with Crippen LogP contribution in [0.5, 0.6) is 0 Å². The predicted octanol–water partition coefficient (Wildman–Crippen LogP) is -2.85. The Labute approximate surface area is 99.1 Å². The van der Waals surface area contributed by atoms with Crippen molar-refractivity contribution in [3.05, 3.63) is 0 Å². The molecule has 8 heteroatoms. The Hall–Kier alpha value is -1.38. The molecule has 1 fully saturated rings. The zero-order valence-electron chi connectivity index (χ0n) is 9.68. The van der Waals surface area contributed by atoms with Gasteiger partial charge in [0.15, 0.2) is 17.9 Å². The maximum Gasteiger partial charge on any atom is 0.234 e. The normalized spacial score (nSPS) is 32.0. The number of hydrogen-bond acceptors (Lipinski definition) is 5. The Balaban J connectivity index is 2.29. The standard InChI is InChI=1S/C9H19N5O3/c1-9(17)7(16)13-8(14-9)12-4-2-3-5(10)6(11)15/h5,7,16-17H,2-4,10H2,1H3,(H2,11,15)(H2,12,13,14). The van der Waals surface area contributed by atoms with Gasteiger partial charge in [-0.3, -0.25) is 9.79 Å². The van der Waals surface area contributed by atoms with E-state index in [1.54, 1.807) is 0 Å². The van der Waals surface area contributed by atoms with Gasteiger partial charge in [0.2, 0.25) is 5.91 Å². The van der Waals surface area contributed by atoms with E-state index >= 15 is 0 Å². The number of rotatable bonds is 5. The van der Waals surface area contributed by atoms with Gasteiger partial charge in [0.1, 0.15) is 0 Å². The van der Waals surface area contributed by atoms with Crippen LogP contribution in [-0.2, 0) is 4.79 Å². The number of nitrogens with zero attached hydrogens (tertiary/aromatic N) is 1. The van der Waals surface area contributed by atoms with E-state index in [9.17, 15) is 15.0 Å². The van der Waals surface area contributed by atoms with E-state index < -0.39 is 23.9 Å². The maximum absolute atomic E-state index is 10.6.